The second-order valence-electron chi connectivity index (χ2n) is 11.5. The molecule has 10 heteroatoms. The molecule has 10 nitrogen and oxygen atoms in total. The molecule has 41 heavy (non-hydrogen) atoms. The fourth-order valence-electron chi connectivity index (χ4n) is 6.10. The number of carbonyl (C=O) groups excluding carboxylic acids is 1. The van der Waals surface area contributed by atoms with E-state index >= 15 is 0 Å². The second-order valence-corrected chi connectivity index (χ2v) is 11.5. The van der Waals surface area contributed by atoms with Gasteiger partial charge in [-0.2, -0.15) is 10.2 Å². The van der Waals surface area contributed by atoms with Gasteiger partial charge in [0.2, 0.25) is 5.91 Å². The molecule has 5 rings (SSSR count). The molecule has 2 saturated heterocycles. The summed E-state index contributed by atoms with van der Waals surface area (Å²) in [6, 6.07) is 5.84. The monoisotopic (exact) mass is 554 g/mol. The summed E-state index contributed by atoms with van der Waals surface area (Å²) >= 11 is 0. The van der Waals surface area contributed by atoms with Crippen molar-refractivity contribution in [2.24, 2.45) is 0 Å². The third-order valence-electron chi connectivity index (χ3n) is 8.24. The van der Waals surface area contributed by atoms with Crippen molar-refractivity contribution in [1.82, 2.24) is 24.4 Å². The van der Waals surface area contributed by atoms with Crippen LogP contribution < -0.4 is 15.5 Å². The summed E-state index contributed by atoms with van der Waals surface area (Å²) in [7, 11) is 0. The standard InChI is InChI=1S/C31H38N8O2/c1-7-25(40)37-17-22(6)38(18-21(37)5)29-24-15-23(16-32)28(36-13-9-8-10-14-36)34-30(24)39(31(41)35-29)27-20(4)11-12-33-26(27)19(2)3/h7,11-12,15,19,21-22H,1,8-10,13-14,17-18H2,2-6H3/t21-,22+/m1/s1. The van der Waals surface area contributed by atoms with Crippen molar-refractivity contribution >= 4 is 28.6 Å². The number of nitrogens with zero attached hydrogens (tertiary/aromatic N) is 8. The molecule has 2 atom stereocenters. The van der Waals surface area contributed by atoms with Crippen molar-refractivity contribution in [3.05, 3.63) is 58.3 Å². The molecule has 1 amide bonds. The van der Waals surface area contributed by atoms with E-state index in [-0.39, 0.29) is 23.9 Å². The highest BCUT2D eigenvalue weighted by Crippen LogP contribution is 2.34. The first kappa shape index (κ1) is 28.3. The van der Waals surface area contributed by atoms with Crippen molar-refractivity contribution in [1.29, 1.82) is 5.26 Å². The smallest absolute Gasteiger partial charge is 0.355 e. The van der Waals surface area contributed by atoms with Crippen LogP contribution in [0.3, 0.4) is 0 Å². The van der Waals surface area contributed by atoms with Crippen LogP contribution >= 0.6 is 0 Å². The zero-order valence-electron chi connectivity index (χ0n) is 24.6. The number of carbonyl (C=O) groups is 1. The molecular formula is C31H38N8O2. The van der Waals surface area contributed by atoms with Gasteiger partial charge >= 0.3 is 5.69 Å². The maximum atomic E-state index is 14.1. The molecule has 0 unspecified atom stereocenters. The van der Waals surface area contributed by atoms with Crippen LogP contribution in [-0.4, -0.2) is 68.6 Å². The van der Waals surface area contributed by atoms with Gasteiger partial charge in [-0.3, -0.25) is 9.78 Å². The Labute approximate surface area is 240 Å². The molecule has 2 fully saturated rings. The Kier molecular flexibility index (Phi) is 7.80. The van der Waals surface area contributed by atoms with Gasteiger partial charge in [0.1, 0.15) is 17.7 Å². The zero-order valence-corrected chi connectivity index (χ0v) is 24.6. The highest BCUT2D eigenvalue weighted by atomic mass is 16.2. The summed E-state index contributed by atoms with van der Waals surface area (Å²) in [5.41, 5.74) is 2.83. The Morgan fingerprint density at radius 2 is 1.85 bits per heavy atom. The molecule has 0 radical (unpaired) electrons. The normalized spacial score (nSPS) is 19.5. The largest absolute Gasteiger partial charge is 0.355 e. The topological polar surface area (TPSA) is 111 Å². The summed E-state index contributed by atoms with van der Waals surface area (Å²) in [6.07, 6.45) is 6.30. The number of aromatic nitrogens is 4. The fraction of sp³-hybridized carbons (Fsp3) is 0.484. The number of fused-ring (bicyclic) bond motifs is 1. The summed E-state index contributed by atoms with van der Waals surface area (Å²) in [4.78, 5) is 47.0. The first-order valence-corrected chi connectivity index (χ1v) is 14.4. The molecule has 214 valence electrons. The van der Waals surface area contributed by atoms with Gasteiger partial charge in [-0.25, -0.2) is 14.3 Å². The van der Waals surface area contributed by atoms with Crippen molar-refractivity contribution in [2.75, 3.05) is 36.0 Å². The lowest BCUT2D eigenvalue weighted by molar-refractivity contribution is -0.128. The number of piperazine rings is 1. The Morgan fingerprint density at radius 3 is 2.51 bits per heavy atom. The van der Waals surface area contributed by atoms with Crippen LogP contribution in [0.15, 0.2) is 35.8 Å². The molecular weight excluding hydrogens is 516 g/mol. The number of piperidine rings is 1. The maximum absolute atomic E-state index is 14.1. The van der Waals surface area contributed by atoms with Gasteiger partial charge in [0.25, 0.3) is 0 Å². The minimum absolute atomic E-state index is 0.0582. The van der Waals surface area contributed by atoms with Crippen molar-refractivity contribution in [2.45, 2.75) is 71.9 Å². The maximum Gasteiger partial charge on any atom is 0.355 e. The lowest BCUT2D eigenvalue weighted by atomic mass is 10.0. The zero-order chi connectivity index (χ0) is 29.4. The van der Waals surface area contributed by atoms with Crippen LogP contribution in [-0.2, 0) is 4.79 Å². The number of anilines is 2. The Morgan fingerprint density at radius 1 is 1.12 bits per heavy atom. The van der Waals surface area contributed by atoms with Gasteiger partial charge in [0.15, 0.2) is 5.65 Å². The van der Waals surface area contributed by atoms with E-state index < -0.39 is 5.69 Å². The van der Waals surface area contributed by atoms with Gasteiger partial charge in [0.05, 0.1) is 22.3 Å². The van der Waals surface area contributed by atoms with E-state index in [0.717, 1.165) is 43.6 Å². The summed E-state index contributed by atoms with van der Waals surface area (Å²) in [6.45, 7) is 16.3. The van der Waals surface area contributed by atoms with Crippen LogP contribution in [0.4, 0.5) is 11.6 Å². The number of amides is 1. The van der Waals surface area contributed by atoms with Crippen molar-refractivity contribution < 1.29 is 4.79 Å². The summed E-state index contributed by atoms with van der Waals surface area (Å²) in [5, 5.41) is 10.9. The number of nitriles is 1. The Hall–Kier alpha value is -4.26. The lowest BCUT2D eigenvalue weighted by Gasteiger charge is -2.44. The molecule has 0 saturated carbocycles. The number of hydrogen-bond donors (Lipinski definition) is 0. The third-order valence-corrected chi connectivity index (χ3v) is 8.24. The van der Waals surface area contributed by atoms with Gasteiger partial charge in [0, 0.05) is 44.5 Å². The number of rotatable bonds is 5. The Balaban J connectivity index is 1.80. The van der Waals surface area contributed by atoms with Crippen LogP contribution in [0.25, 0.3) is 16.7 Å². The van der Waals surface area contributed by atoms with E-state index in [1.54, 1.807) is 15.7 Å². The van der Waals surface area contributed by atoms with Crippen LogP contribution in [0.1, 0.15) is 69.7 Å². The average molecular weight is 555 g/mol. The third kappa shape index (κ3) is 5.05. The highest BCUT2D eigenvalue weighted by Gasteiger charge is 2.34. The number of aryl methyl sites for hydroxylation is 1. The predicted molar refractivity (Wildman–Crippen MR) is 161 cm³/mol. The van der Waals surface area contributed by atoms with Crippen LogP contribution in [0, 0.1) is 18.3 Å². The van der Waals surface area contributed by atoms with E-state index in [2.05, 4.69) is 32.4 Å². The quantitative estimate of drug-likeness (QED) is 0.434. The van der Waals surface area contributed by atoms with E-state index in [1.807, 2.05) is 46.8 Å². The molecule has 2 aliphatic heterocycles. The van der Waals surface area contributed by atoms with Crippen molar-refractivity contribution in [3.63, 3.8) is 0 Å². The lowest BCUT2D eigenvalue weighted by Crippen LogP contribution is -2.58. The first-order valence-electron chi connectivity index (χ1n) is 14.4. The fourth-order valence-corrected chi connectivity index (χ4v) is 6.10. The van der Waals surface area contributed by atoms with Gasteiger partial charge in [-0.1, -0.05) is 20.4 Å². The molecule has 0 spiro atoms. The van der Waals surface area contributed by atoms with Gasteiger partial charge in [-0.15, -0.1) is 0 Å². The van der Waals surface area contributed by atoms with Crippen molar-refractivity contribution in [3.8, 4) is 11.8 Å². The molecule has 0 N–H and O–H groups in total. The number of pyridine rings is 2. The predicted octanol–water partition coefficient (Wildman–Crippen LogP) is 4.08. The molecule has 3 aromatic heterocycles. The number of hydrogen-bond acceptors (Lipinski definition) is 8. The van der Waals surface area contributed by atoms with Gasteiger partial charge in [-0.05, 0) is 69.7 Å². The van der Waals surface area contributed by atoms with Crippen LogP contribution in [0.2, 0.25) is 0 Å². The van der Waals surface area contributed by atoms with E-state index in [9.17, 15) is 14.9 Å². The minimum Gasteiger partial charge on any atom is -0.355 e. The molecule has 2 aliphatic rings. The van der Waals surface area contributed by atoms with E-state index in [4.69, 9.17) is 4.98 Å². The van der Waals surface area contributed by atoms with E-state index in [0.29, 0.717) is 47.0 Å². The molecule has 0 aliphatic carbocycles. The van der Waals surface area contributed by atoms with Gasteiger partial charge < -0.3 is 14.7 Å². The Bertz CT molecular complexity index is 1600. The summed E-state index contributed by atoms with van der Waals surface area (Å²) < 4.78 is 1.58. The average Bonchev–Trinajstić information content (AvgIpc) is 2.97. The molecule has 3 aromatic rings. The summed E-state index contributed by atoms with van der Waals surface area (Å²) in [5.74, 6) is 1.02. The van der Waals surface area contributed by atoms with Crippen LogP contribution in [0.5, 0.6) is 0 Å². The molecule has 5 heterocycles. The van der Waals surface area contributed by atoms with E-state index in [1.165, 1.54) is 6.08 Å². The molecule has 0 bridgehead atoms. The second kappa shape index (κ2) is 11.3. The SMILES string of the molecule is C=CC(=O)N1C[C@H](C)N(c2nc(=O)n(-c3c(C)ccnc3C(C)C)c3nc(N4CCCCC4)c(C#N)cc23)C[C@H]1C. The minimum atomic E-state index is -0.447. The molecule has 0 aromatic carbocycles. The first-order chi connectivity index (χ1) is 19.7. The highest BCUT2D eigenvalue weighted by molar-refractivity contribution is 5.92.